The summed E-state index contributed by atoms with van der Waals surface area (Å²) in [7, 11) is 1.76. The number of halogens is 1. The van der Waals surface area contributed by atoms with Crippen LogP contribution >= 0.6 is 35.3 Å². The fraction of sp³-hybridized carbons (Fsp3) is 0.316. The lowest BCUT2D eigenvalue weighted by Gasteiger charge is -2.09. The predicted molar refractivity (Wildman–Crippen MR) is 121 cm³/mol. The van der Waals surface area contributed by atoms with E-state index in [2.05, 4.69) is 32.7 Å². The van der Waals surface area contributed by atoms with Gasteiger partial charge in [-0.15, -0.1) is 35.3 Å². The first-order valence-electron chi connectivity index (χ1n) is 8.67. The van der Waals surface area contributed by atoms with E-state index < -0.39 is 0 Å². The van der Waals surface area contributed by atoms with E-state index in [1.807, 2.05) is 42.6 Å². The Labute approximate surface area is 180 Å². The van der Waals surface area contributed by atoms with Gasteiger partial charge >= 0.3 is 0 Å². The van der Waals surface area contributed by atoms with Crippen LogP contribution in [0.2, 0.25) is 0 Å². The molecule has 144 valence electrons. The summed E-state index contributed by atoms with van der Waals surface area (Å²) in [5.74, 6) is 1.50. The van der Waals surface area contributed by atoms with Gasteiger partial charge in [-0.1, -0.05) is 42.4 Å². The Morgan fingerprint density at radius 2 is 2.04 bits per heavy atom. The summed E-state index contributed by atoms with van der Waals surface area (Å²) in [5, 5.41) is 11.8. The number of aromatic nitrogens is 2. The fourth-order valence-corrected chi connectivity index (χ4v) is 3.31. The molecule has 0 aliphatic rings. The number of hydrogen-bond donors (Lipinski definition) is 2. The lowest BCUT2D eigenvalue weighted by atomic mass is 10.2. The summed E-state index contributed by atoms with van der Waals surface area (Å²) in [6.07, 6.45) is 3.88. The largest absolute Gasteiger partial charge is 0.356 e. The quantitative estimate of drug-likeness (QED) is 0.295. The number of rotatable bonds is 7. The Morgan fingerprint density at radius 1 is 1.22 bits per heavy atom. The maximum Gasteiger partial charge on any atom is 0.191 e. The van der Waals surface area contributed by atoms with Crippen molar-refractivity contribution in [3.05, 3.63) is 58.2 Å². The van der Waals surface area contributed by atoms with Crippen molar-refractivity contribution in [1.29, 1.82) is 0 Å². The van der Waals surface area contributed by atoms with Gasteiger partial charge in [0.2, 0.25) is 0 Å². The molecule has 0 spiro atoms. The number of guanidine groups is 1. The highest BCUT2D eigenvalue weighted by molar-refractivity contribution is 14.0. The molecule has 0 aliphatic carbocycles. The third-order valence-corrected chi connectivity index (χ3v) is 5.06. The molecule has 0 unspecified atom stereocenters. The number of thiazole rings is 1. The number of nitrogens with zero attached hydrogens (tertiary/aromatic N) is 3. The van der Waals surface area contributed by atoms with Crippen molar-refractivity contribution in [3.63, 3.8) is 0 Å². The molecule has 1 aromatic carbocycles. The molecule has 0 saturated heterocycles. The van der Waals surface area contributed by atoms with Crippen molar-refractivity contribution in [2.24, 2.45) is 4.99 Å². The highest BCUT2D eigenvalue weighted by Crippen LogP contribution is 2.19. The van der Waals surface area contributed by atoms with Crippen LogP contribution in [0.25, 0.3) is 11.3 Å². The summed E-state index contributed by atoms with van der Waals surface area (Å²) < 4.78 is 5.41. The van der Waals surface area contributed by atoms with Crippen LogP contribution in [0.1, 0.15) is 22.5 Å². The van der Waals surface area contributed by atoms with Gasteiger partial charge in [0.05, 0.1) is 11.6 Å². The molecule has 8 heteroatoms. The molecule has 0 bridgehead atoms. The highest BCUT2D eigenvalue weighted by Gasteiger charge is 2.07. The smallest absolute Gasteiger partial charge is 0.191 e. The summed E-state index contributed by atoms with van der Waals surface area (Å²) in [5.41, 5.74) is 1.85. The van der Waals surface area contributed by atoms with Gasteiger partial charge in [0.15, 0.2) is 11.7 Å². The molecule has 0 aliphatic heterocycles. The predicted octanol–water partition coefficient (Wildman–Crippen LogP) is 3.89. The van der Waals surface area contributed by atoms with Crippen LogP contribution < -0.4 is 10.6 Å². The van der Waals surface area contributed by atoms with Crippen LogP contribution in [0.3, 0.4) is 0 Å². The van der Waals surface area contributed by atoms with Crippen LogP contribution in [0.4, 0.5) is 0 Å². The molecule has 0 fully saturated rings. The molecule has 27 heavy (non-hydrogen) atoms. The minimum atomic E-state index is 0. The Kier molecular flexibility index (Phi) is 8.73. The number of nitrogens with one attached hydrogen (secondary N) is 2. The standard InChI is InChI=1S/C19H23N5OS.HI/c1-3-16-13-22-18(26-16)9-10-21-19(20-2)23-12-15-11-17(25-24-15)14-7-5-4-6-8-14;/h4-8,11,13H,3,9-10,12H2,1-2H3,(H2,20,21,23);1H. The van der Waals surface area contributed by atoms with Crippen LogP contribution in [0.5, 0.6) is 0 Å². The summed E-state index contributed by atoms with van der Waals surface area (Å²) in [6.45, 7) is 3.48. The van der Waals surface area contributed by atoms with E-state index in [1.54, 1.807) is 18.4 Å². The van der Waals surface area contributed by atoms with E-state index in [9.17, 15) is 0 Å². The molecule has 6 nitrogen and oxygen atoms in total. The lowest BCUT2D eigenvalue weighted by Crippen LogP contribution is -2.37. The third-order valence-electron chi connectivity index (χ3n) is 3.86. The Morgan fingerprint density at radius 3 is 2.74 bits per heavy atom. The van der Waals surface area contributed by atoms with Crippen molar-refractivity contribution in [2.75, 3.05) is 13.6 Å². The SMILES string of the molecule is CCc1cnc(CCNC(=NC)NCc2cc(-c3ccccc3)on2)s1.I. The Balaban J connectivity index is 0.00000261. The topological polar surface area (TPSA) is 75.3 Å². The minimum Gasteiger partial charge on any atom is -0.356 e. The van der Waals surface area contributed by atoms with E-state index in [1.165, 1.54) is 4.88 Å². The minimum absolute atomic E-state index is 0. The van der Waals surface area contributed by atoms with E-state index >= 15 is 0 Å². The first kappa shape index (κ1) is 21.4. The van der Waals surface area contributed by atoms with E-state index in [-0.39, 0.29) is 24.0 Å². The Hall–Kier alpha value is -1.94. The van der Waals surface area contributed by atoms with Gasteiger partial charge in [0.1, 0.15) is 5.69 Å². The van der Waals surface area contributed by atoms with E-state index in [0.717, 1.165) is 47.4 Å². The molecule has 0 saturated carbocycles. The van der Waals surface area contributed by atoms with E-state index in [0.29, 0.717) is 6.54 Å². The van der Waals surface area contributed by atoms with Crippen molar-refractivity contribution in [2.45, 2.75) is 26.3 Å². The second-order valence-corrected chi connectivity index (χ2v) is 6.92. The lowest BCUT2D eigenvalue weighted by molar-refractivity contribution is 0.422. The van der Waals surface area contributed by atoms with Crippen LogP contribution in [0.15, 0.2) is 52.1 Å². The summed E-state index contributed by atoms with van der Waals surface area (Å²) in [4.78, 5) is 9.99. The molecule has 2 aromatic heterocycles. The molecule has 0 radical (unpaired) electrons. The average Bonchev–Trinajstić information content (AvgIpc) is 3.34. The van der Waals surface area contributed by atoms with E-state index in [4.69, 9.17) is 4.52 Å². The Bertz CT molecular complexity index is 847. The van der Waals surface area contributed by atoms with Gasteiger partial charge < -0.3 is 15.2 Å². The number of aliphatic imine (C=N–C) groups is 1. The first-order chi connectivity index (χ1) is 12.8. The third kappa shape index (κ3) is 6.31. The second kappa shape index (κ2) is 11.0. The van der Waals surface area contributed by atoms with Gasteiger partial charge in [0.25, 0.3) is 0 Å². The summed E-state index contributed by atoms with van der Waals surface area (Å²) in [6, 6.07) is 11.9. The normalized spacial score (nSPS) is 11.1. The number of aryl methyl sites for hydroxylation is 1. The second-order valence-electron chi connectivity index (χ2n) is 5.72. The molecular formula is C19H24IN5OS. The average molecular weight is 497 g/mol. The van der Waals surface area contributed by atoms with Gasteiger partial charge in [-0.05, 0) is 6.42 Å². The van der Waals surface area contributed by atoms with Crippen molar-refractivity contribution < 1.29 is 4.52 Å². The maximum atomic E-state index is 5.41. The number of hydrogen-bond acceptors (Lipinski definition) is 5. The molecule has 2 N–H and O–H groups in total. The van der Waals surface area contributed by atoms with Crippen molar-refractivity contribution >= 4 is 41.3 Å². The number of benzene rings is 1. The van der Waals surface area contributed by atoms with Crippen LogP contribution in [-0.2, 0) is 19.4 Å². The van der Waals surface area contributed by atoms with Gasteiger partial charge in [-0.25, -0.2) is 4.98 Å². The summed E-state index contributed by atoms with van der Waals surface area (Å²) >= 11 is 1.77. The fourth-order valence-electron chi connectivity index (χ4n) is 2.44. The zero-order valence-electron chi connectivity index (χ0n) is 15.4. The maximum absolute atomic E-state index is 5.41. The van der Waals surface area contributed by atoms with Crippen LogP contribution in [-0.4, -0.2) is 29.7 Å². The molecule has 3 aromatic rings. The molecule has 2 heterocycles. The zero-order chi connectivity index (χ0) is 18.2. The highest BCUT2D eigenvalue weighted by atomic mass is 127. The monoisotopic (exact) mass is 497 g/mol. The van der Waals surface area contributed by atoms with Gasteiger partial charge in [-0.2, -0.15) is 0 Å². The van der Waals surface area contributed by atoms with Crippen molar-refractivity contribution in [1.82, 2.24) is 20.8 Å². The van der Waals surface area contributed by atoms with Crippen molar-refractivity contribution in [3.8, 4) is 11.3 Å². The molecule has 3 rings (SSSR count). The zero-order valence-corrected chi connectivity index (χ0v) is 18.6. The van der Waals surface area contributed by atoms with Crippen LogP contribution in [0, 0.1) is 0 Å². The van der Waals surface area contributed by atoms with Gasteiger partial charge in [0, 0.05) is 42.7 Å². The molecule has 0 amide bonds. The molecular weight excluding hydrogens is 473 g/mol. The van der Waals surface area contributed by atoms with Gasteiger partial charge in [-0.3, -0.25) is 4.99 Å². The molecule has 0 atom stereocenters. The first-order valence-corrected chi connectivity index (χ1v) is 9.49.